The van der Waals surface area contributed by atoms with Crippen LogP contribution in [0.2, 0.25) is 0 Å². The smallest absolute Gasteiger partial charge is 0.154 e. The molecule has 2 N–H and O–H groups in total. The highest BCUT2D eigenvalue weighted by Gasteiger charge is 2.09. The normalized spacial score (nSPS) is 13.4. The largest absolute Gasteiger partial charge is 0.330 e. The number of sulfone groups is 1. The van der Waals surface area contributed by atoms with E-state index in [1.807, 2.05) is 19.9 Å². The van der Waals surface area contributed by atoms with Crippen LogP contribution >= 0.6 is 0 Å². The maximum atomic E-state index is 11.3. The SMILES string of the molecule is CC=C(C)CS(=O)(=O)CCCN. The van der Waals surface area contributed by atoms with Crippen molar-refractivity contribution in [3.05, 3.63) is 11.6 Å². The summed E-state index contributed by atoms with van der Waals surface area (Å²) in [7, 11) is -2.90. The van der Waals surface area contributed by atoms with Gasteiger partial charge in [0.15, 0.2) is 9.84 Å². The molecule has 0 heterocycles. The molecular formula is C8H17NO2S. The summed E-state index contributed by atoms with van der Waals surface area (Å²) in [4.78, 5) is 0. The minimum atomic E-state index is -2.90. The minimum absolute atomic E-state index is 0.170. The van der Waals surface area contributed by atoms with Crippen molar-refractivity contribution in [2.75, 3.05) is 18.1 Å². The number of allylic oxidation sites excluding steroid dienone is 1. The second-order valence-corrected chi connectivity index (χ2v) is 5.05. The molecule has 0 radical (unpaired) electrons. The van der Waals surface area contributed by atoms with Gasteiger partial charge in [0.1, 0.15) is 0 Å². The number of rotatable bonds is 5. The Hall–Kier alpha value is -0.350. The van der Waals surface area contributed by atoms with Gasteiger partial charge in [-0.05, 0) is 26.8 Å². The maximum absolute atomic E-state index is 11.3. The Labute approximate surface area is 74.6 Å². The molecule has 4 heteroatoms. The first-order chi connectivity index (χ1) is 5.52. The zero-order valence-corrected chi connectivity index (χ0v) is 8.52. The molecule has 12 heavy (non-hydrogen) atoms. The van der Waals surface area contributed by atoms with Gasteiger partial charge in [-0.15, -0.1) is 0 Å². The van der Waals surface area contributed by atoms with E-state index >= 15 is 0 Å². The van der Waals surface area contributed by atoms with Crippen LogP contribution in [0.5, 0.6) is 0 Å². The van der Waals surface area contributed by atoms with E-state index in [4.69, 9.17) is 5.73 Å². The van der Waals surface area contributed by atoms with Crippen LogP contribution in [0.1, 0.15) is 20.3 Å². The zero-order chi connectivity index (χ0) is 9.61. The Kier molecular flexibility index (Phi) is 5.17. The van der Waals surface area contributed by atoms with E-state index < -0.39 is 9.84 Å². The monoisotopic (exact) mass is 191 g/mol. The Morgan fingerprint density at radius 3 is 2.50 bits per heavy atom. The van der Waals surface area contributed by atoms with Gasteiger partial charge < -0.3 is 5.73 Å². The maximum Gasteiger partial charge on any atom is 0.154 e. The quantitative estimate of drug-likeness (QED) is 0.651. The summed E-state index contributed by atoms with van der Waals surface area (Å²) in [5, 5.41) is 0. The van der Waals surface area contributed by atoms with Crippen LogP contribution in [0.15, 0.2) is 11.6 Å². The fourth-order valence-electron chi connectivity index (χ4n) is 0.806. The molecule has 0 spiro atoms. The summed E-state index contributed by atoms with van der Waals surface area (Å²) in [5.74, 6) is 0.373. The summed E-state index contributed by atoms with van der Waals surface area (Å²) in [6.07, 6.45) is 2.37. The van der Waals surface area contributed by atoms with Gasteiger partial charge >= 0.3 is 0 Å². The van der Waals surface area contributed by atoms with E-state index in [1.165, 1.54) is 0 Å². The first kappa shape index (κ1) is 11.6. The van der Waals surface area contributed by atoms with Crippen molar-refractivity contribution in [1.82, 2.24) is 0 Å². The van der Waals surface area contributed by atoms with E-state index in [9.17, 15) is 8.42 Å². The third-order valence-corrected chi connectivity index (χ3v) is 3.41. The summed E-state index contributed by atoms with van der Waals surface area (Å²) in [6, 6.07) is 0. The van der Waals surface area contributed by atoms with E-state index in [0.717, 1.165) is 5.57 Å². The molecule has 0 aliphatic rings. The van der Waals surface area contributed by atoms with Gasteiger partial charge in [0.2, 0.25) is 0 Å². The van der Waals surface area contributed by atoms with Gasteiger partial charge in [-0.3, -0.25) is 0 Å². The molecule has 72 valence electrons. The van der Waals surface area contributed by atoms with Gasteiger partial charge in [0.05, 0.1) is 11.5 Å². The molecule has 0 bridgehead atoms. The van der Waals surface area contributed by atoms with Crippen LogP contribution in [0.25, 0.3) is 0 Å². The van der Waals surface area contributed by atoms with Crippen LogP contribution in [-0.2, 0) is 9.84 Å². The van der Waals surface area contributed by atoms with Crippen molar-refractivity contribution in [2.24, 2.45) is 5.73 Å². The first-order valence-corrected chi connectivity index (χ1v) is 5.86. The Bertz CT molecular complexity index is 242. The molecule has 0 atom stereocenters. The fraction of sp³-hybridized carbons (Fsp3) is 0.750. The van der Waals surface area contributed by atoms with Crippen LogP contribution in [0.3, 0.4) is 0 Å². The number of hydrogen-bond donors (Lipinski definition) is 1. The lowest BCUT2D eigenvalue weighted by Gasteiger charge is -2.02. The predicted molar refractivity (Wildman–Crippen MR) is 51.8 cm³/mol. The highest BCUT2D eigenvalue weighted by atomic mass is 32.2. The molecule has 0 aromatic carbocycles. The van der Waals surface area contributed by atoms with E-state index in [-0.39, 0.29) is 11.5 Å². The lowest BCUT2D eigenvalue weighted by atomic mass is 10.3. The molecule has 0 rings (SSSR count). The topological polar surface area (TPSA) is 60.2 Å². The van der Waals surface area contributed by atoms with Gasteiger partial charge in [-0.2, -0.15) is 0 Å². The highest BCUT2D eigenvalue weighted by Crippen LogP contribution is 2.01. The second-order valence-electron chi connectivity index (χ2n) is 2.87. The minimum Gasteiger partial charge on any atom is -0.330 e. The Balaban J connectivity index is 4.06. The van der Waals surface area contributed by atoms with E-state index in [2.05, 4.69) is 0 Å². The van der Waals surface area contributed by atoms with Crippen molar-refractivity contribution in [2.45, 2.75) is 20.3 Å². The Morgan fingerprint density at radius 2 is 2.08 bits per heavy atom. The van der Waals surface area contributed by atoms with Gasteiger partial charge in [-0.1, -0.05) is 11.6 Å². The molecule has 0 fully saturated rings. The Morgan fingerprint density at radius 1 is 1.50 bits per heavy atom. The standard InChI is InChI=1S/C8H17NO2S/c1-3-8(2)7-12(10,11)6-4-5-9/h3H,4-7,9H2,1-2H3. The second kappa shape index (κ2) is 5.32. The third kappa shape index (κ3) is 5.32. The summed E-state index contributed by atoms with van der Waals surface area (Å²) >= 11 is 0. The lowest BCUT2D eigenvalue weighted by molar-refractivity contribution is 0.595. The molecule has 0 aromatic heterocycles. The average molecular weight is 191 g/mol. The van der Waals surface area contributed by atoms with E-state index in [0.29, 0.717) is 13.0 Å². The number of nitrogens with two attached hydrogens (primary N) is 1. The summed E-state index contributed by atoms with van der Waals surface area (Å²) < 4.78 is 22.5. The first-order valence-electron chi connectivity index (χ1n) is 4.04. The molecule has 0 saturated heterocycles. The fourth-order valence-corrected chi connectivity index (χ4v) is 2.42. The molecular weight excluding hydrogens is 174 g/mol. The number of hydrogen-bond acceptors (Lipinski definition) is 3. The zero-order valence-electron chi connectivity index (χ0n) is 7.71. The van der Waals surface area contributed by atoms with E-state index in [1.54, 1.807) is 0 Å². The van der Waals surface area contributed by atoms with Gasteiger partial charge in [0, 0.05) is 0 Å². The molecule has 0 aliphatic carbocycles. The lowest BCUT2D eigenvalue weighted by Crippen LogP contribution is -2.15. The summed E-state index contributed by atoms with van der Waals surface area (Å²) in [5.41, 5.74) is 6.12. The van der Waals surface area contributed by atoms with Crippen LogP contribution in [0, 0.1) is 0 Å². The molecule has 3 nitrogen and oxygen atoms in total. The van der Waals surface area contributed by atoms with Crippen LogP contribution in [-0.4, -0.2) is 26.5 Å². The average Bonchev–Trinajstić information content (AvgIpc) is 2.00. The van der Waals surface area contributed by atoms with Crippen molar-refractivity contribution >= 4 is 9.84 Å². The van der Waals surface area contributed by atoms with Gasteiger partial charge in [0.25, 0.3) is 0 Å². The van der Waals surface area contributed by atoms with Gasteiger partial charge in [-0.25, -0.2) is 8.42 Å². The van der Waals surface area contributed by atoms with Crippen molar-refractivity contribution < 1.29 is 8.42 Å². The molecule has 0 saturated carbocycles. The van der Waals surface area contributed by atoms with Crippen molar-refractivity contribution in [3.8, 4) is 0 Å². The predicted octanol–water partition coefficient (Wildman–Crippen LogP) is 0.716. The van der Waals surface area contributed by atoms with Crippen molar-refractivity contribution in [3.63, 3.8) is 0 Å². The van der Waals surface area contributed by atoms with Crippen LogP contribution in [0.4, 0.5) is 0 Å². The highest BCUT2D eigenvalue weighted by molar-refractivity contribution is 7.91. The summed E-state index contributed by atoms with van der Waals surface area (Å²) in [6.45, 7) is 4.10. The van der Waals surface area contributed by atoms with Crippen LogP contribution < -0.4 is 5.73 Å². The molecule has 0 unspecified atom stereocenters. The molecule has 0 aromatic rings. The van der Waals surface area contributed by atoms with Crippen molar-refractivity contribution in [1.29, 1.82) is 0 Å². The molecule has 0 aliphatic heterocycles. The third-order valence-electron chi connectivity index (χ3n) is 1.60. The molecule has 0 amide bonds.